The second kappa shape index (κ2) is 4.04. The summed E-state index contributed by atoms with van der Waals surface area (Å²) in [5, 5.41) is 0. The lowest BCUT2D eigenvalue weighted by atomic mass is 9.99. The summed E-state index contributed by atoms with van der Waals surface area (Å²) in [6, 6.07) is 5.52. The minimum absolute atomic E-state index is 0.152. The van der Waals surface area contributed by atoms with E-state index in [0.29, 0.717) is 5.56 Å². The van der Waals surface area contributed by atoms with Crippen LogP contribution in [0.25, 0.3) is 0 Å². The van der Waals surface area contributed by atoms with Crippen molar-refractivity contribution in [1.29, 1.82) is 0 Å². The average molecular weight is 216 g/mol. The van der Waals surface area contributed by atoms with Gasteiger partial charge in [-0.3, -0.25) is 4.79 Å². The van der Waals surface area contributed by atoms with Gasteiger partial charge in [0.05, 0.1) is 5.92 Å². The van der Waals surface area contributed by atoms with E-state index in [1.54, 1.807) is 0 Å². The Kier molecular flexibility index (Phi) is 3.17. The molecule has 82 valence electrons. The molecule has 0 saturated heterocycles. The summed E-state index contributed by atoms with van der Waals surface area (Å²) in [4.78, 5) is 10.9. The van der Waals surface area contributed by atoms with Crippen molar-refractivity contribution < 1.29 is 18.0 Å². The second-order valence-electron chi connectivity index (χ2n) is 3.44. The Hall–Kier alpha value is -1.32. The first-order valence-electron chi connectivity index (χ1n) is 4.50. The van der Waals surface area contributed by atoms with Crippen molar-refractivity contribution in [1.82, 2.24) is 0 Å². The summed E-state index contributed by atoms with van der Waals surface area (Å²) in [6.07, 6.45) is -4.24. The van der Waals surface area contributed by atoms with Gasteiger partial charge >= 0.3 is 6.18 Å². The highest BCUT2D eigenvalue weighted by molar-refractivity contribution is 5.94. The third-order valence-corrected chi connectivity index (χ3v) is 2.31. The van der Waals surface area contributed by atoms with Crippen molar-refractivity contribution in [3.8, 4) is 0 Å². The molecular weight excluding hydrogens is 205 g/mol. The molecular formula is C11H11F3O. The molecule has 0 N–H and O–H groups in total. The fourth-order valence-electron chi connectivity index (χ4n) is 1.20. The van der Waals surface area contributed by atoms with Crippen LogP contribution >= 0.6 is 0 Å². The zero-order valence-corrected chi connectivity index (χ0v) is 8.43. The van der Waals surface area contributed by atoms with E-state index in [9.17, 15) is 18.0 Å². The minimum Gasteiger partial charge on any atom is -0.295 e. The Morgan fingerprint density at radius 3 is 2.00 bits per heavy atom. The summed E-state index contributed by atoms with van der Waals surface area (Å²) in [7, 11) is 0. The monoisotopic (exact) mass is 216 g/mol. The van der Waals surface area contributed by atoms with Gasteiger partial charge in [0.15, 0.2) is 5.78 Å². The molecule has 15 heavy (non-hydrogen) atoms. The number of hydrogen-bond acceptors (Lipinski definition) is 1. The van der Waals surface area contributed by atoms with Crippen LogP contribution in [-0.4, -0.2) is 12.0 Å². The molecule has 0 radical (unpaired) electrons. The number of carbonyl (C=O) groups is 1. The SMILES string of the molecule is CC(=O)c1ccc([C@H](C)C(F)(F)F)cc1. The van der Waals surface area contributed by atoms with Crippen molar-refractivity contribution in [2.24, 2.45) is 0 Å². The van der Waals surface area contributed by atoms with Crippen molar-refractivity contribution >= 4 is 5.78 Å². The highest BCUT2D eigenvalue weighted by Gasteiger charge is 2.36. The normalized spacial score (nSPS) is 13.7. The lowest BCUT2D eigenvalue weighted by molar-refractivity contribution is -0.146. The van der Waals surface area contributed by atoms with E-state index in [4.69, 9.17) is 0 Å². The minimum atomic E-state index is -4.24. The third-order valence-electron chi connectivity index (χ3n) is 2.31. The first-order chi connectivity index (χ1) is 6.82. The molecule has 0 heterocycles. The average Bonchev–Trinajstić information content (AvgIpc) is 2.15. The van der Waals surface area contributed by atoms with E-state index in [1.165, 1.54) is 31.2 Å². The van der Waals surface area contributed by atoms with E-state index in [-0.39, 0.29) is 11.3 Å². The van der Waals surface area contributed by atoms with Crippen LogP contribution in [0.1, 0.15) is 35.7 Å². The van der Waals surface area contributed by atoms with Crippen LogP contribution in [-0.2, 0) is 0 Å². The molecule has 0 saturated carbocycles. The predicted octanol–water partition coefficient (Wildman–Crippen LogP) is 3.56. The molecule has 1 aromatic rings. The van der Waals surface area contributed by atoms with Crippen LogP contribution in [0, 0.1) is 0 Å². The largest absolute Gasteiger partial charge is 0.395 e. The molecule has 0 spiro atoms. The van der Waals surface area contributed by atoms with E-state index >= 15 is 0 Å². The van der Waals surface area contributed by atoms with Crippen LogP contribution in [0.4, 0.5) is 13.2 Å². The maximum atomic E-state index is 12.3. The van der Waals surface area contributed by atoms with Gasteiger partial charge in [-0.25, -0.2) is 0 Å². The van der Waals surface area contributed by atoms with Gasteiger partial charge in [0.1, 0.15) is 0 Å². The van der Waals surface area contributed by atoms with Gasteiger partial charge in [0.25, 0.3) is 0 Å². The maximum Gasteiger partial charge on any atom is 0.395 e. The van der Waals surface area contributed by atoms with E-state index in [0.717, 1.165) is 6.92 Å². The van der Waals surface area contributed by atoms with Crippen LogP contribution in [0.15, 0.2) is 24.3 Å². The van der Waals surface area contributed by atoms with Gasteiger partial charge in [-0.05, 0) is 19.4 Å². The van der Waals surface area contributed by atoms with Crippen molar-refractivity contribution in [3.05, 3.63) is 35.4 Å². The Morgan fingerprint density at radius 2 is 1.67 bits per heavy atom. The van der Waals surface area contributed by atoms with Gasteiger partial charge in [-0.1, -0.05) is 24.3 Å². The molecule has 0 amide bonds. The van der Waals surface area contributed by atoms with E-state index < -0.39 is 12.1 Å². The van der Waals surface area contributed by atoms with Gasteiger partial charge in [-0.15, -0.1) is 0 Å². The summed E-state index contributed by atoms with van der Waals surface area (Å²) < 4.78 is 37.0. The third kappa shape index (κ3) is 2.81. The number of carbonyl (C=O) groups excluding carboxylic acids is 1. The van der Waals surface area contributed by atoms with Gasteiger partial charge in [-0.2, -0.15) is 13.2 Å². The predicted molar refractivity (Wildman–Crippen MR) is 50.9 cm³/mol. The van der Waals surface area contributed by atoms with Crippen LogP contribution < -0.4 is 0 Å². The maximum absolute atomic E-state index is 12.3. The molecule has 1 rings (SSSR count). The zero-order chi connectivity index (χ0) is 11.6. The number of rotatable bonds is 2. The standard InChI is InChI=1S/C11H11F3O/c1-7(11(12,13)14)9-3-5-10(6-4-9)8(2)15/h3-7H,1-2H3/t7-/m0/s1. The first kappa shape index (κ1) is 11.8. The fraction of sp³-hybridized carbons (Fsp3) is 0.364. The summed E-state index contributed by atoms with van der Waals surface area (Å²) in [5.74, 6) is -1.65. The smallest absolute Gasteiger partial charge is 0.295 e. The molecule has 1 aromatic carbocycles. The van der Waals surface area contributed by atoms with E-state index in [1.807, 2.05) is 0 Å². The van der Waals surface area contributed by atoms with Crippen molar-refractivity contribution in [2.45, 2.75) is 25.9 Å². The second-order valence-corrected chi connectivity index (χ2v) is 3.44. The highest BCUT2D eigenvalue weighted by atomic mass is 19.4. The Balaban J connectivity index is 2.94. The molecule has 0 aliphatic carbocycles. The van der Waals surface area contributed by atoms with Gasteiger partial charge in [0, 0.05) is 5.56 Å². The van der Waals surface area contributed by atoms with E-state index in [2.05, 4.69) is 0 Å². The Morgan fingerprint density at radius 1 is 1.20 bits per heavy atom. The molecule has 0 unspecified atom stereocenters. The topological polar surface area (TPSA) is 17.1 Å². The Bertz CT molecular complexity index is 351. The number of Topliss-reactive ketones (excluding diaryl/α,β-unsaturated/α-hetero) is 1. The molecule has 1 nitrogen and oxygen atoms in total. The molecule has 0 aliphatic rings. The zero-order valence-electron chi connectivity index (χ0n) is 8.43. The Labute approximate surface area is 85.9 Å². The van der Waals surface area contributed by atoms with Crippen LogP contribution in [0.3, 0.4) is 0 Å². The van der Waals surface area contributed by atoms with Gasteiger partial charge < -0.3 is 0 Å². The summed E-state index contributed by atoms with van der Waals surface area (Å²) in [6.45, 7) is 2.48. The lowest BCUT2D eigenvalue weighted by Crippen LogP contribution is -2.17. The number of ketones is 1. The highest BCUT2D eigenvalue weighted by Crippen LogP contribution is 2.34. The molecule has 0 aliphatic heterocycles. The van der Waals surface area contributed by atoms with Crippen LogP contribution in [0.5, 0.6) is 0 Å². The molecule has 0 bridgehead atoms. The van der Waals surface area contributed by atoms with Crippen molar-refractivity contribution in [2.75, 3.05) is 0 Å². The molecule has 0 fully saturated rings. The number of alkyl halides is 3. The number of benzene rings is 1. The molecule has 4 heteroatoms. The number of halogens is 3. The summed E-state index contributed by atoms with van der Waals surface area (Å²) in [5.41, 5.74) is 0.598. The lowest BCUT2D eigenvalue weighted by Gasteiger charge is -2.15. The number of hydrogen-bond donors (Lipinski definition) is 0. The molecule has 0 aromatic heterocycles. The van der Waals surface area contributed by atoms with Gasteiger partial charge in [0.2, 0.25) is 0 Å². The quantitative estimate of drug-likeness (QED) is 0.691. The molecule has 1 atom stereocenters. The fourth-order valence-corrected chi connectivity index (χ4v) is 1.20. The summed E-state index contributed by atoms with van der Waals surface area (Å²) >= 11 is 0. The van der Waals surface area contributed by atoms with Crippen molar-refractivity contribution in [3.63, 3.8) is 0 Å². The first-order valence-corrected chi connectivity index (χ1v) is 4.50. The van der Waals surface area contributed by atoms with Crippen LogP contribution in [0.2, 0.25) is 0 Å².